The van der Waals surface area contributed by atoms with Crippen molar-refractivity contribution in [3.8, 4) is 16.9 Å². The number of aromatic nitrogens is 2. The summed E-state index contributed by atoms with van der Waals surface area (Å²) in [7, 11) is 0. The number of nitrogens with zero attached hydrogens (tertiary/aromatic N) is 3. The lowest BCUT2D eigenvalue weighted by Crippen LogP contribution is -2.44. The van der Waals surface area contributed by atoms with Crippen LogP contribution in [-0.2, 0) is 16.1 Å². The lowest BCUT2D eigenvalue weighted by Gasteiger charge is -2.32. The van der Waals surface area contributed by atoms with E-state index in [-0.39, 0.29) is 5.91 Å². The number of carbonyl (C=O) groups is 2. The van der Waals surface area contributed by atoms with Crippen LogP contribution in [-0.4, -0.2) is 57.6 Å². The first kappa shape index (κ1) is 30.0. The number of rotatable bonds is 11. The molecule has 3 N–H and O–H groups in total. The quantitative estimate of drug-likeness (QED) is 0.185. The van der Waals surface area contributed by atoms with E-state index in [4.69, 9.17) is 9.72 Å². The van der Waals surface area contributed by atoms with Crippen LogP contribution in [0.15, 0.2) is 60.9 Å². The topological polar surface area (TPSA) is 117 Å². The van der Waals surface area contributed by atoms with Gasteiger partial charge in [0.15, 0.2) is 5.82 Å². The minimum absolute atomic E-state index is 0.0371. The fourth-order valence-electron chi connectivity index (χ4n) is 5.75. The maximum absolute atomic E-state index is 11.8. The summed E-state index contributed by atoms with van der Waals surface area (Å²) < 4.78 is 6.05. The molecule has 1 atom stereocenters. The maximum atomic E-state index is 11.8. The van der Waals surface area contributed by atoms with Crippen molar-refractivity contribution in [1.82, 2.24) is 20.2 Å². The van der Waals surface area contributed by atoms with Crippen molar-refractivity contribution in [2.24, 2.45) is 0 Å². The number of carboxylic acid groups (broad SMARTS) is 1. The third-order valence-electron chi connectivity index (χ3n) is 8.05. The molecule has 1 aliphatic rings. The molecule has 4 aromatic rings. The molecule has 2 aromatic carbocycles. The molecule has 9 heteroatoms. The van der Waals surface area contributed by atoms with Crippen molar-refractivity contribution in [2.45, 2.75) is 59.0 Å². The first-order valence-corrected chi connectivity index (χ1v) is 14.9. The number of hydrogen-bond donors (Lipinski definition) is 3. The molecule has 9 nitrogen and oxygen atoms in total. The minimum atomic E-state index is -0.755. The Morgan fingerprint density at radius 1 is 1.05 bits per heavy atom. The fraction of sp³-hybridized carbons (Fsp3) is 0.353. The van der Waals surface area contributed by atoms with Crippen LogP contribution < -0.4 is 15.4 Å². The number of carbonyl (C=O) groups excluding carboxylic acids is 1. The van der Waals surface area contributed by atoms with E-state index in [1.807, 2.05) is 41.4 Å². The molecule has 0 spiro atoms. The van der Waals surface area contributed by atoms with Crippen LogP contribution in [0.3, 0.4) is 0 Å². The number of fused-ring (bicyclic) bond motifs is 1. The number of pyridine rings is 2. The average Bonchev–Trinajstić information content (AvgIpc) is 2.99. The fourth-order valence-corrected chi connectivity index (χ4v) is 5.75. The minimum Gasteiger partial charge on any atom is -0.493 e. The smallest absolute Gasteiger partial charge is 0.320 e. The van der Waals surface area contributed by atoms with Crippen LogP contribution >= 0.6 is 0 Å². The van der Waals surface area contributed by atoms with Gasteiger partial charge in [-0.2, -0.15) is 0 Å². The van der Waals surface area contributed by atoms with E-state index in [2.05, 4.69) is 47.7 Å². The largest absolute Gasteiger partial charge is 0.493 e. The molecular weight excluding hydrogens is 542 g/mol. The highest BCUT2D eigenvalue weighted by Crippen LogP contribution is 2.36. The molecule has 1 unspecified atom stereocenters. The number of aliphatic carboxylic acids is 1. The van der Waals surface area contributed by atoms with E-state index in [0.717, 1.165) is 76.0 Å². The molecule has 224 valence electrons. The van der Waals surface area contributed by atoms with E-state index >= 15 is 0 Å². The van der Waals surface area contributed by atoms with Gasteiger partial charge in [-0.3, -0.25) is 19.5 Å². The molecule has 1 fully saturated rings. The Balaban J connectivity index is 1.34. The zero-order chi connectivity index (χ0) is 30.3. The first-order valence-electron chi connectivity index (χ1n) is 14.9. The van der Waals surface area contributed by atoms with Crippen LogP contribution in [0.1, 0.15) is 49.3 Å². The van der Waals surface area contributed by atoms with Gasteiger partial charge in [-0.15, -0.1) is 0 Å². The molecule has 2 aromatic heterocycles. The van der Waals surface area contributed by atoms with E-state index in [1.54, 1.807) is 6.20 Å². The summed E-state index contributed by atoms with van der Waals surface area (Å²) in [5.41, 5.74) is 7.00. The van der Waals surface area contributed by atoms with Gasteiger partial charge >= 0.3 is 5.97 Å². The summed E-state index contributed by atoms with van der Waals surface area (Å²) in [5.74, 6) is 0.700. The van der Waals surface area contributed by atoms with Gasteiger partial charge in [0.2, 0.25) is 5.91 Å². The normalized spacial score (nSPS) is 15.3. The summed E-state index contributed by atoms with van der Waals surface area (Å²) in [4.78, 5) is 34.3. The van der Waals surface area contributed by atoms with Gasteiger partial charge in [0, 0.05) is 43.5 Å². The molecule has 0 saturated carbocycles. The van der Waals surface area contributed by atoms with Gasteiger partial charge in [-0.05, 0) is 91.7 Å². The zero-order valence-corrected chi connectivity index (χ0v) is 25.0. The molecule has 1 saturated heterocycles. The number of anilines is 2. The molecule has 0 aliphatic carbocycles. The Hall–Kier alpha value is -4.50. The summed E-state index contributed by atoms with van der Waals surface area (Å²) in [5, 5.41) is 16.9. The van der Waals surface area contributed by atoms with Crippen LogP contribution in [0, 0.1) is 13.8 Å². The highest BCUT2D eigenvalue weighted by molar-refractivity contribution is 5.91. The summed E-state index contributed by atoms with van der Waals surface area (Å²) in [6.07, 6.45) is 6.98. The number of carboxylic acids is 1. The van der Waals surface area contributed by atoms with Crippen molar-refractivity contribution >= 4 is 34.3 Å². The Bertz CT molecular complexity index is 1620. The highest BCUT2D eigenvalue weighted by atomic mass is 16.5. The summed E-state index contributed by atoms with van der Waals surface area (Å²) in [6, 6.07) is 15.8. The van der Waals surface area contributed by atoms with E-state index in [1.165, 1.54) is 6.92 Å². The van der Waals surface area contributed by atoms with Crippen LogP contribution in [0.25, 0.3) is 22.0 Å². The van der Waals surface area contributed by atoms with Gasteiger partial charge in [0.05, 0.1) is 6.61 Å². The second-order valence-corrected chi connectivity index (χ2v) is 11.1. The molecule has 3 heterocycles. The number of ether oxygens (including phenoxy) is 1. The predicted octanol–water partition coefficient (Wildman–Crippen LogP) is 6.00. The molecule has 0 radical (unpaired) electrons. The Labute approximate surface area is 252 Å². The summed E-state index contributed by atoms with van der Waals surface area (Å²) in [6.45, 7) is 8.11. The van der Waals surface area contributed by atoms with Crippen molar-refractivity contribution in [3.63, 3.8) is 0 Å². The van der Waals surface area contributed by atoms with Gasteiger partial charge in [-0.25, -0.2) is 4.98 Å². The zero-order valence-electron chi connectivity index (χ0n) is 25.0. The number of likely N-dealkylation sites (tertiary alicyclic amines) is 1. The second kappa shape index (κ2) is 13.6. The molecule has 43 heavy (non-hydrogen) atoms. The number of nitrogens with one attached hydrogen (secondary N) is 2. The molecular formula is C34H39N5O4. The molecule has 0 bridgehead atoms. The Kier molecular flexibility index (Phi) is 9.51. The molecule has 1 amide bonds. The van der Waals surface area contributed by atoms with E-state index in [0.29, 0.717) is 31.9 Å². The van der Waals surface area contributed by atoms with Gasteiger partial charge in [-0.1, -0.05) is 30.7 Å². The number of piperidine rings is 1. The van der Waals surface area contributed by atoms with Crippen LogP contribution in [0.5, 0.6) is 5.75 Å². The first-order chi connectivity index (χ1) is 20.8. The maximum Gasteiger partial charge on any atom is 0.320 e. The third-order valence-corrected chi connectivity index (χ3v) is 8.05. The van der Waals surface area contributed by atoms with Crippen LogP contribution in [0.2, 0.25) is 0 Å². The standard InChI is InChI=1S/C34H39N5O4/c1-22-27(28-10-7-13-31(23(28)2)43-18-8-15-35-24(3)40)9-6-11-29(22)38-33-32-26(14-16-36-33)19-25(20-37-32)21-39-17-5-4-12-30(39)34(41)42/h6-7,9-11,13-14,16,19-20,30H,4-5,8,12,15,17-18,21H2,1-3H3,(H,35,40)(H,36,38)(H,41,42). The van der Waals surface area contributed by atoms with Crippen molar-refractivity contribution in [3.05, 3.63) is 77.6 Å². The van der Waals surface area contributed by atoms with Crippen molar-refractivity contribution in [2.75, 3.05) is 25.0 Å². The lowest BCUT2D eigenvalue weighted by atomic mass is 9.95. The van der Waals surface area contributed by atoms with Gasteiger partial charge < -0.3 is 20.5 Å². The van der Waals surface area contributed by atoms with Crippen LogP contribution in [0.4, 0.5) is 11.5 Å². The third kappa shape index (κ3) is 7.11. The van der Waals surface area contributed by atoms with E-state index < -0.39 is 12.0 Å². The number of amides is 1. The van der Waals surface area contributed by atoms with E-state index in [9.17, 15) is 14.7 Å². The molecule has 1 aliphatic heterocycles. The second-order valence-electron chi connectivity index (χ2n) is 11.1. The summed E-state index contributed by atoms with van der Waals surface area (Å²) >= 11 is 0. The van der Waals surface area contributed by atoms with Gasteiger partial charge in [0.1, 0.15) is 17.3 Å². The predicted molar refractivity (Wildman–Crippen MR) is 169 cm³/mol. The lowest BCUT2D eigenvalue weighted by molar-refractivity contribution is -0.144. The Morgan fingerprint density at radius 2 is 1.84 bits per heavy atom. The van der Waals surface area contributed by atoms with Gasteiger partial charge in [0.25, 0.3) is 0 Å². The average molecular weight is 582 g/mol. The monoisotopic (exact) mass is 581 g/mol. The highest BCUT2D eigenvalue weighted by Gasteiger charge is 2.28. The molecule has 5 rings (SSSR count). The number of hydrogen-bond acceptors (Lipinski definition) is 7. The van der Waals surface area contributed by atoms with Crippen molar-refractivity contribution in [1.29, 1.82) is 0 Å². The SMILES string of the molecule is CC(=O)NCCCOc1cccc(-c2cccc(Nc3nccc4cc(CN5CCCCC5C(=O)O)cnc34)c2C)c1C. The number of benzene rings is 2. The van der Waals surface area contributed by atoms with Crippen molar-refractivity contribution < 1.29 is 19.4 Å². The Morgan fingerprint density at radius 3 is 2.63 bits per heavy atom.